The van der Waals surface area contributed by atoms with Gasteiger partial charge in [0.1, 0.15) is 29.8 Å². The Kier molecular flexibility index (Phi) is 11.8. The number of piperazine rings is 1. The minimum Gasteiger partial charge on any atom is -0.489 e. The summed E-state index contributed by atoms with van der Waals surface area (Å²) in [6.45, 7) is 12.3. The number of hydrogen-bond acceptors (Lipinski definition) is 9. The molecule has 0 radical (unpaired) electrons. The number of aromatic nitrogens is 1. The first-order chi connectivity index (χ1) is 27.7. The number of ether oxygens (including phenoxy) is 1. The van der Waals surface area contributed by atoms with E-state index < -0.39 is 11.9 Å². The predicted octanol–water partition coefficient (Wildman–Crippen LogP) is 6.04. The summed E-state index contributed by atoms with van der Waals surface area (Å²) in [5.74, 6) is -1.06. The number of benzene rings is 2. The quantitative estimate of drug-likeness (QED) is 0.156. The molecule has 58 heavy (non-hydrogen) atoms. The molecule has 0 unspecified atom stereocenters. The van der Waals surface area contributed by atoms with Crippen LogP contribution in [-0.4, -0.2) is 89.3 Å². The standard InChI is InChI=1S/C44H51ClFN7O5/c1-43(2)41(44(3,4)42(43)58-31-13-11-27(24-47)33(45)22-31)50-38(55)28-10-12-30(48-25-28)9-7-5-6-8-16-51-17-19-52(20-18-51)36-23-32-29(21-34(36)46)26-53(40(32)57)35-14-15-37(54)49-39(35)56/h10-13,21-23,25,35,41-42H,5-9,14-20,26H2,1-4H3,(H,50,55)(H,49,54,56)/t35-,41?,42?/m0/s1. The fraction of sp³-hybridized carbons (Fsp3) is 0.500. The highest BCUT2D eigenvalue weighted by atomic mass is 35.5. The fourth-order valence-electron chi connectivity index (χ4n) is 9.54. The Bertz CT molecular complexity index is 2110. The number of unbranched alkanes of at least 4 members (excludes halogenated alkanes) is 3. The number of amides is 4. The van der Waals surface area contributed by atoms with Gasteiger partial charge in [0.15, 0.2) is 0 Å². The molecule has 4 heterocycles. The van der Waals surface area contributed by atoms with Crippen LogP contribution in [0, 0.1) is 28.0 Å². The second kappa shape index (κ2) is 16.7. The number of aryl methyl sites for hydroxylation is 1. The van der Waals surface area contributed by atoms with Gasteiger partial charge >= 0.3 is 0 Å². The Morgan fingerprint density at radius 2 is 1.76 bits per heavy atom. The molecule has 7 rings (SSSR count). The normalized spacial score (nSPS) is 22.5. The van der Waals surface area contributed by atoms with Crippen molar-refractivity contribution in [2.75, 3.05) is 37.6 Å². The Balaban J connectivity index is 0.802. The number of carbonyl (C=O) groups is 4. The number of nitriles is 1. The number of halogens is 2. The fourth-order valence-corrected chi connectivity index (χ4v) is 9.75. The van der Waals surface area contributed by atoms with Gasteiger partial charge in [-0.3, -0.25) is 34.4 Å². The van der Waals surface area contributed by atoms with E-state index in [4.69, 9.17) is 16.3 Å². The van der Waals surface area contributed by atoms with Crippen molar-refractivity contribution in [2.24, 2.45) is 10.8 Å². The summed E-state index contributed by atoms with van der Waals surface area (Å²) in [6, 6.07) is 13.1. The largest absolute Gasteiger partial charge is 0.489 e. The second-order valence-electron chi connectivity index (χ2n) is 17.2. The molecule has 1 aromatic heterocycles. The third kappa shape index (κ3) is 8.27. The van der Waals surface area contributed by atoms with Gasteiger partial charge in [0, 0.05) is 79.5 Å². The van der Waals surface area contributed by atoms with Gasteiger partial charge in [0.05, 0.1) is 21.8 Å². The molecule has 0 spiro atoms. The van der Waals surface area contributed by atoms with E-state index in [-0.39, 0.29) is 65.9 Å². The lowest BCUT2D eigenvalue weighted by atomic mass is 9.49. The van der Waals surface area contributed by atoms with Crippen LogP contribution in [-0.2, 0) is 22.6 Å². The van der Waals surface area contributed by atoms with E-state index in [1.807, 2.05) is 17.0 Å². The number of pyridine rings is 1. The Morgan fingerprint density at radius 3 is 2.43 bits per heavy atom. The maximum Gasteiger partial charge on any atom is 0.255 e. The zero-order valence-corrected chi connectivity index (χ0v) is 34.3. The molecule has 0 bridgehead atoms. The zero-order valence-electron chi connectivity index (χ0n) is 33.6. The minimum absolute atomic E-state index is 0.142. The van der Waals surface area contributed by atoms with E-state index in [1.165, 1.54) is 11.0 Å². The number of hydrogen-bond donors (Lipinski definition) is 2. The van der Waals surface area contributed by atoms with Gasteiger partial charge in [-0.15, -0.1) is 0 Å². The number of anilines is 1. The van der Waals surface area contributed by atoms with Crippen LogP contribution in [0.15, 0.2) is 48.7 Å². The van der Waals surface area contributed by atoms with E-state index in [1.54, 1.807) is 30.5 Å². The van der Waals surface area contributed by atoms with Crippen LogP contribution >= 0.6 is 11.6 Å². The summed E-state index contributed by atoms with van der Waals surface area (Å²) >= 11 is 6.23. The summed E-state index contributed by atoms with van der Waals surface area (Å²) < 4.78 is 21.7. The van der Waals surface area contributed by atoms with Crippen molar-refractivity contribution in [3.63, 3.8) is 0 Å². The maximum atomic E-state index is 15.3. The summed E-state index contributed by atoms with van der Waals surface area (Å²) in [6.07, 6.45) is 6.96. The van der Waals surface area contributed by atoms with Crippen LogP contribution in [0.4, 0.5) is 10.1 Å². The molecule has 3 aromatic rings. The third-order valence-corrected chi connectivity index (χ3v) is 12.8. The SMILES string of the molecule is CC1(C)C(NC(=O)c2ccc(CCCCCCN3CCN(c4cc5c(cc4F)CN([C@H]4CCC(=O)NC4=O)C5=O)CC3)nc2)C(C)(C)C1Oc1ccc(C#N)c(Cl)c1. The number of imide groups is 1. The first-order valence-electron chi connectivity index (χ1n) is 20.2. The molecular weight excluding hydrogens is 761 g/mol. The number of carbonyl (C=O) groups excluding carboxylic acids is 4. The van der Waals surface area contributed by atoms with E-state index >= 15 is 4.39 Å². The molecule has 1 aliphatic carbocycles. The molecule has 1 saturated carbocycles. The smallest absolute Gasteiger partial charge is 0.255 e. The molecular formula is C44H51ClFN7O5. The first kappa shape index (κ1) is 41.1. The topological polar surface area (TPSA) is 148 Å². The molecule has 2 N–H and O–H groups in total. The van der Waals surface area contributed by atoms with Gasteiger partial charge in [-0.25, -0.2) is 4.39 Å². The van der Waals surface area contributed by atoms with Gasteiger partial charge in [-0.2, -0.15) is 5.26 Å². The number of nitrogens with zero attached hydrogens (tertiary/aromatic N) is 5. The number of rotatable bonds is 13. The lowest BCUT2D eigenvalue weighted by Gasteiger charge is -2.63. The van der Waals surface area contributed by atoms with Crippen LogP contribution in [0.5, 0.6) is 5.75 Å². The van der Waals surface area contributed by atoms with Crippen LogP contribution in [0.25, 0.3) is 0 Å². The molecule has 3 fully saturated rings. The van der Waals surface area contributed by atoms with Crippen molar-refractivity contribution in [3.05, 3.63) is 87.4 Å². The second-order valence-corrected chi connectivity index (χ2v) is 17.6. The van der Waals surface area contributed by atoms with Gasteiger partial charge in [0.2, 0.25) is 11.8 Å². The molecule has 4 amide bonds. The summed E-state index contributed by atoms with van der Waals surface area (Å²) in [5.41, 5.74) is 2.54. The van der Waals surface area contributed by atoms with Crippen molar-refractivity contribution in [3.8, 4) is 11.8 Å². The van der Waals surface area contributed by atoms with Crippen LogP contribution in [0.2, 0.25) is 5.02 Å². The summed E-state index contributed by atoms with van der Waals surface area (Å²) in [5, 5.41) is 15.1. The van der Waals surface area contributed by atoms with E-state index in [2.05, 4.69) is 54.3 Å². The summed E-state index contributed by atoms with van der Waals surface area (Å²) in [7, 11) is 0. The summed E-state index contributed by atoms with van der Waals surface area (Å²) in [4.78, 5) is 61.0. The lowest BCUT2D eigenvalue weighted by Crippen LogP contribution is -2.74. The first-order valence-corrected chi connectivity index (χ1v) is 20.6. The van der Waals surface area contributed by atoms with Crippen LogP contribution in [0.1, 0.15) is 104 Å². The monoisotopic (exact) mass is 811 g/mol. The van der Waals surface area contributed by atoms with E-state index in [0.29, 0.717) is 51.8 Å². The van der Waals surface area contributed by atoms with Crippen LogP contribution < -0.4 is 20.3 Å². The Hall–Kier alpha value is -5.06. The van der Waals surface area contributed by atoms with Gasteiger partial charge in [-0.1, -0.05) is 52.1 Å². The van der Waals surface area contributed by atoms with Crippen molar-refractivity contribution < 1.29 is 28.3 Å². The average Bonchev–Trinajstić information content (AvgIpc) is 3.51. The highest BCUT2D eigenvalue weighted by Crippen LogP contribution is 2.55. The number of piperidine rings is 1. The minimum atomic E-state index is -0.726. The Labute approximate surface area is 344 Å². The van der Waals surface area contributed by atoms with Crippen molar-refractivity contribution >= 4 is 40.9 Å². The Morgan fingerprint density at radius 1 is 1.02 bits per heavy atom. The molecule has 4 aliphatic rings. The molecule has 12 nitrogen and oxygen atoms in total. The average molecular weight is 812 g/mol. The van der Waals surface area contributed by atoms with Crippen molar-refractivity contribution in [1.29, 1.82) is 5.26 Å². The molecule has 306 valence electrons. The molecule has 2 saturated heterocycles. The molecule has 2 aromatic carbocycles. The predicted molar refractivity (Wildman–Crippen MR) is 217 cm³/mol. The van der Waals surface area contributed by atoms with Crippen LogP contribution in [0.3, 0.4) is 0 Å². The zero-order chi connectivity index (χ0) is 41.4. The maximum absolute atomic E-state index is 15.3. The van der Waals surface area contributed by atoms with E-state index in [9.17, 15) is 24.4 Å². The lowest BCUT2D eigenvalue weighted by molar-refractivity contribution is -0.164. The highest BCUT2D eigenvalue weighted by Gasteiger charge is 2.64. The van der Waals surface area contributed by atoms with Gasteiger partial charge in [0.25, 0.3) is 11.8 Å². The molecule has 3 aliphatic heterocycles. The number of fused-ring (bicyclic) bond motifs is 1. The van der Waals surface area contributed by atoms with Crippen molar-refractivity contribution in [1.82, 2.24) is 25.4 Å². The van der Waals surface area contributed by atoms with Gasteiger partial charge in [-0.05, 0) is 74.2 Å². The third-order valence-electron chi connectivity index (χ3n) is 12.5. The molecule has 1 atom stereocenters. The molecule has 14 heteroatoms. The highest BCUT2D eigenvalue weighted by molar-refractivity contribution is 6.31. The van der Waals surface area contributed by atoms with E-state index in [0.717, 1.165) is 57.4 Å². The van der Waals surface area contributed by atoms with Gasteiger partial charge < -0.3 is 19.9 Å². The number of nitrogens with one attached hydrogen (secondary N) is 2. The van der Waals surface area contributed by atoms with Crippen molar-refractivity contribution in [2.45, 2.75) is 97.4 Å².